The van der Waals surface area contributed by atoms with E-state index in [4.69, 9.17) is 0 Å². The quantitative estimate of drug-likeness (QED) is 0.636. The highest BCUT2D eigenvalue weighted by atomic mass is 15.3. The van der Waals surface area contributed by atoms with Gasteiger partial charge in [0.25, 0.3) is 0 Å². The first-order chi connectivity index (χ1) is 5.67. The molecule has 0 radical (unpaired) electrons. The molecule has 0 saturated carbocycles. The first-order valence-electron chi connectivity index (χ1n) is 3.82. The molecule has 0 atom stereocenters. The van der Waals surface area contributed by atoms with Crippen molar-refractivity contribution in [2.45, 2.75) is 19.5 Å². The van der Waals surface area contributed by atoms with Gasteiger partial charge < -0.3 is 5.32 Å². The summed E-state index contributed by atoms with van der Waals surface area (Å²) in [7, 11) is 0. The molecule has 0 spiro atoms. The number of rotatable bonds is 0. The SMILES string of the molecule is CC1(C)N=Nc2ccncc2N1. The van der Waals surface area contributed by atoms with Gasteiger partial charge in [0.05, 0.1) is 11.9 Å². The van der Waals surface area contributed by atoms with Crippen LogP contribution in [0.3, 0.4) is 0 Å². The Morgan fingerprint density at radius 3 is 3.08 bits per heavy atom. The lowest BCUT2D eigenvalue weighted by Gasteiger charge is -2.25. The summed E-state index contributed by atoms with van der Waals surface area (Å²) >= 11 is 0. The highest BCUT2D eigenvalue weighted by Crippen LogP contribution is 2.31. The Morgan fingerprint density at radius 2 is 2.25 bits per heavy atom. The lowest BCUT2D eigenvalue weighted by atomic mass is 10.2. The highest BCUT2D eigenvalue weighted by Gasteiger charge is 2.21. The summed E-state index contributed by atoms with van der Waals surface area (Å²) in [5.41, 5.74) is 1.48. The molecule has 1 aliphatic rings. The average Bonchev–Trinajstić information content (AvgIpc) is 2.02. The average molecular weight is 162 g/mol. The Morgan fingerprint density at radius 1 is 1.42 bits per heavy atom. The second kappa shape index (κ2) is 2.27. The van der Waals surface area contributed by atoms with E-state index in [1.165, 1.54) is 0 Å². The van der Waals surface area contributed by atoms with Crippen molar-refractivity contribution in [2.24, 2.45) is 10.2 Å². The number of fused-ring (bicyclic) bond motifs is 1. The van der Waals surface area contributed by atoms with E-state index < -0.39 is 0 Å². The van der Waals surface area contributed by atoms with Gasteiger partial charge in [-0.2, -0.15) is 10.2 Å². The molecule has 2 rings (SSSR count). The van der Waals surface area contributed by atoms with E-state index >= 15 is 0 Å². The molecule has 0 amide bonds. The lowest BCUT2D eigenvalue weighted by molar-refractivity contribution is 0.559. The first kappa shape index (κ1) is 7.21. The van der Waals surface area contributed by atoms with Gasteiger partial charge in [-0.15, -0.1) is 0 Å². The van der Waals surface area contributed by atoms with Crippen LogP contribution in [0, 0.1) is 0 Å². The zero-order valence-corrected chi connectivity index (χ0v) is 7.07. The molecule has 1 aromatic rings. The van der Waals surface area contributed by atoms with Crippen molar-refractivity contribution in [3.8, 4) is 0 Å². The predicted octanol–water partition coefficient (Wildman–Crippen LogP) is 2.33. The molecule has 0 bridgehead atoms. The normalized spacial score (nSPS) is 18.2. The Balaban J connectivity index is 2.46. The number of anilines is 1. The molecule has 12 heavy (non-hydrogen) atoms. The van der Waals surface area contributed by atoms with Crippen LogP contribution < -0.4 is 5.32 Å². The lowest BCUT2D eigenvalue weighted by Crippen LogP contribution is -2.29. The predicted molar refractivity (Wildman–Crippen MR) is 46.5 cm³/mol. The Kier molecular flexibility index (Phi) is 1.36. The molecule has 1 aromatic heterocycles. The zero-order valence-electron chi connectivity index (χ0n) is 7.07. The fourth-order valence-electron chi connectivity index (χ4n) is 1.10. The van der Waals surface area contributed by atoms with Crippen LogP contribution in [0.1, 0.15) is 13.8 Å². The standard InChI is InChI=1S/C8H10N4/c1-8(2)10-7-5-9-4-3-6(7)11-12-8/h3-5,10H,1-2H3. The number of nitrogens with zero attached hydrogens (tertiary/aromatic N) is 3. The van der Waals surface area contributed by atoms with Crippen molar-refractivity contribution >= 4 is 11.4 Å². The van der Waals surface area contributed by atoms with E-state index in [0.717, 1.165) is 11.4 Å². The van der Waals surface area contributed by atoms with Gasteiger partial charge in [-0.1, -0.05) is 0 Å². The largest absolute Gasteiger partial charge is 0.357 e. The van der Waals surface area contributed by atoms with Crippen LogP contribution in [-0.4, -0.2) is 10.6 Å². The van der Waals surface area contributed by atoms with Crippen LogP contribution in [0.2, 0.25) is 0 Å². The van der Waals surface area contributed by atoms with E-state index in [2.05, 4.69) is 20.5 Å². The molecule has 62 valence electrons. The smallest absolute Gasteiger partial charge is 0.145 e. The number of aromatic nitrogens is 1. The van der Waals surface area contributed by atoms with Crippen LogP contribution in [0.5, 0.6) is 0 Å². The van der Waals surface area contributed by atoms with Crippen molar-refractivity contribution in [1.29, 1.82) is 0 Å². The van der Waals surface area contributed by atoms with Crippen molar-refractivity contribution in [1.82, 2.24) is 4.98 Å². The fraction of sp³-hybridized carbons (Fsp3) is 0.375. The molecule has 0 fully saturated rings. The minimum Gasteiger partial charge on any atom is -0.357 e. The summed E-state index contributed by atoms with van der Waals surface area (Å²) in [4.78, 5) is 4.00. The molecule has 4 nitrogen and oxygen atoms in total. The van der Waals surface area contributed by atoms with Gasteiger partial charge in [0.2, 0.25) is 0 Å². The minimum absolute atomic E-state index is 0.309. The van der Waals surface area contributed by atoms with Gasteiger partial charge in [0.1, 0.15) is 11.4 Å². The Labute approximate surface area is 70.7 Å². The number of pyridine rings is 1. The Hall–Kier alpha value is -1.45. The van der Waals surface area contributed by atoms with Crippen LogP contribution in [0.15, 0.2) is 28.7 Å². The summed E-state index contributed by atoms with van der Waals surface area (Å²) in [6.07, 6.45) is 3.47. The second-order valence-corrected chi connectivity index (χ2v) is 3.28. The van der Waals surface area contributed by atoms with Gasteiger partial charge in [-0.25, -0.2) is 0 Å². The van der Waals surface area contributed by atoms with E-state index in [-0.39, 0.29) is 5.66 Å². The fourth-order valence-corrected chi connectivity index (χ4v) is 1.10. The summed E-state index contributed by atoms with van der Waals surface area (Å²) in [6, 6.07) is 1.83. The third kappa shape index (κ3) is 1.15. The Bertz CT molecular complexity index is 330. The van der Waals surface area contributed by atoms with E-state index in [1.807, 2.05) is 19.9 Å². The zero-order chi connectivity index (χ0) is 8.60. The third-order valence-electron chi connectivity index (χ3n) is 1.65. The molecule has 2 heterocycles. The maximum absolute atomic E-state index is 4.09. The van der Waals surface area contributed by atoms with Gasteiger partial charge in [0.15, 0.2) is 0 Å². The summed E-state index contributed by atoms with van der Waals surface area (Å²) in [5, 5.41) is 11.4. The molecule has 1 aliphatic heterocycles. The number of nitrogens with one attached hydrogen (secondary N) is 1. The van der Waals surface area contributed by atoms with Crippen LogP contribution in [-0.2, 0) is 0 Å². The van der Waals surface area contributed by atoms with E-state index in [0.29, 0.717) is 0 Å². The monoisotopic (exact) mass is 162 g/mol. The molecular weight excluding hydrogens is 152 g/mol. The molecule has 0 aliphatic carbocycles. The molecular formula is C8H10N4. The molecule has 0 unspecified atom stereocenters. The maximum Gasteiger partial charge on any atom is 0.145 e. The van der Waals surface area contributed by atoms with Crippen molar-refractivity contribution in [3.63, 3.8) is 0 Å². The minimum atomic E-state index is -0.309. The molecule has 0 saturated heterocycles. The molecule has 4 heteroatoms. The van der Waals surface area contributed by atoms with Crippen LogP contribution in [0.4, 0.5) is 11.4 Å². The summed E-state index contributed by atoms with van der Waals surface area (Å²) in [6.45, 7) is 3.93. The summed E-state index contributed by atoms with van der Waals surface area (Å²) in [5.74, 6) is 0. The van der Waals surface area contributed by atoms with Gasteiger partial charge in [0, 0.05) is 6.20 Å². The van der Waals surface area contributed by atoms with E-state index in [9.17, 15) is 0 Å². The van der Waals surface area contributed by atoms with Crippen molar-refractivity contribution in [3.05, 3.63) is 18.5 Å². The van der Waals surface area contributed by atoms with E-state index in [1.54, 1.807) is 12.4 Å². The van der Waals surface area contributed by atoms with Gasteiger partial charge >= 0.3 is 0 Å². The van der Waals surface area contributed by atoms with Gasteiger partial charge in [-0.05, 0) is 19.9 Å². The van der Waals surface area contributed by atoms with Gasteiger partial charge in [-0.3, -0.25) is 4.98 Å². The van der Waals surface area contributed by atoms with Crippen LogP contribution >= 0.6 is 0 Å². The number of azo groups is 1. The number of hydrogen-bond donors (Lipinski definition) is 1. The highest BCUT2D eigenvalue weighted by molar-refractivity contribution is 5.65. The molecule has 0 aromatic carbocycles. The first-order valence-corrected chi connectivity index (χ1v) is 3.82. The third-order valence-corrected chi connectivity index (χ3v) is 1.65. The van der Waals surface area contributed by atoms with Crippen molar-refractivity contribution in [2.75, 3.05) is 5.32 Å². The topological polar surface area (TPSA) is 49.6 Å². The number of hydrogen-bond acceptors (Lipinski definition) is 4. The second-order valence-electron chi connectivity index (χ2n) is 3.28. The van der Waals surface area contributed by atoms with Crippen LogP contribution in [0.25, 0.3) is 0 Å². The van der Waals surface area contributed by atoms with Crippen molar-refractivity contribution < 1.29 is 0 Å². The summed E-state index contributed by atoms with van der Waals surface area (Å²) < 4.78 is 0. The molecule has 1 N–H and O–H groups in total. The maximum atomic E-state index is 4.09.